The summed E-state index contributed by atoms with van der Waals surface area (Å²) in [5.41, 5.74) is 5.44. The first-order valence-electron chi connectivity index (χ1n) is 2.95. The van der Waals surface area contributed by atoms with Crippen LogP contribution >= 0.6 is 11.6 Å². The molecule has 0 fully saturated rings. The molecule has 1 heterocycles. The fraction of sp³-hybridized carbons (Fsp3) is 0.167. The van der Waals surface area contributed by atoms with E-state index >= 15 is 0 Å². The quantitative estimate of drug-likeness (QED) is 0.463. The van der Waals surface area contributed by atoms with E-state index in [1.807, 2.05) is 0 Å². The van der Waals surface area contributed by atoms with E-state index in [2.05, 4.69) is 0 Å². The number of halogens is 1. The lowest BCUT2D eigenvalue weighted by atomic mass is 10.4. The summed E-state index contributed by atoms with van der Waals surface area (Å²) in [6.45, 7) is 0. The molecule has 60 valence electrons. The molecule has 4 N–H and O–H groups in total. The van der Waals surface area contributed by atoms with Gasteiger partial charge in [-0.05, 0) is 0 Å². The number of rotatable bonds is 1. The summed E-state index contributed by atoms with van der Waals surface area (Å²) in [4.78, 5) is 0. The molecule has 5 heteroatoms. The van der Waals surface area contributed by atoms with Crippen LogP contribution in [0.5, 0.6) is 5.75 Å². The Balaban J connectivity index is 3.21. The van der Waals surface area contributed by atoms with Crippen LogP contribution in [0.15, 0.2) is 12.3 Å². The molecule has 11 heavy (non-hydrogen) atoms. The molecule has 0 aliphatic rings. The van der Waals surface area contributed by atoms with Crippen molar-refractivity contribution >= 4 is 17.4 Å². The van der Waals surface area contributed by atoms with Crippen molar-refractivity contribution < 1.29 is 9.41 Å². The van der Waals surface area contributed by atoms with E-state index < -0.39 is 0 Å². The molecule has 0 amide bonds. The first-order chi connectivity index (χ1) is 5.15. The van der Waals surface area contributed by atoms with E-state index in [1.165, 1.54) is 24.0 Å². The van der Waals surface area contributed by atoms with Crippen LogP contribution in [0.2, 0.25) is 5.02 Å². The maximum absolute atomic E-state index is 5.73. The second-order valence-electron chi connectivity index (χ2n) is 2.02. The van der Waals surface area contributed by atoms with Crippen LogP contribution in [0.1, 0.15) is 0 Å². The Morgan fingerprint density at radius 1 is 1.64 bits per heavy atom. The standard InChI is InChI=1S/C6H8ClN3O/c1-11-5-3-10(9)6(8)2-4(5)7/h2-3,8H,9H2,1H3/p+1. The maximum Gasteiger partial charge on any atom is 0.297 e. The SMILES string of the molecule is COc1c[n+](N)c(N)cc1Cl. The number of ether oxygens (including phenoxy) is 1. The Morgan fingerprint density at radius 2 is 2.27 bits per heavy atom. The molecule has 4 nitrogen and oxygen atoms in total. The summed E-state index contributed by atoms with van der Waals surface area (Å²) in [7, 11) is 1.51. The molecule has 0 radical (unpaired) electrons. The van der Waals surface area contributed by atoms with Crippen molar-refractivity contribution in [2.75, 3.05) is 18.7 Å². The predicted octanol–water partition coefficient (Wildman–Crippen LogP) is -0.0679. The van der Waals surface area contributed by atoms with E-state index in [-0.39, 0.29) is 0 Å². The number of nitrogens with two attached hydrogens (primary N) is 2. The van der Waals surface area contributed by atoms with Gasteiger partial charge in [0.2, 0.25) is 0 Å². The second kappa shape index (κ2) is 2.84. The first-order valence-corrected chi connectivity index (χ1v) is 3.32. The van der Waals surface area contributed by atoms with Gasteiger partial charge in [0.05, 0.1) is 18.2 Å². The fourth-order valence-electron chi connectivity index (χ4n) is 0.688. The zero-order valence-corrected chi connectivity index (χ0v) is 6.80. The van der Waals surface area contributed by atoms with Crippen LogP contribution in [0.3, 0.4) is 0 Å². The minimum atomic E-state index is 0.385. The Kier molecular flexibility index (Phi) is 2.05. The average Bonchev–Trinajstić information content (AvgIpc) is 1.97. The predicted molar refractivity (Wildman–Crippen MR) is 42.8 cm³/mol. The highest BCUT2D eigenvalue weighted by atomic mass is 35.5. The largest absolute Gasteiger partial charge is 0.491 e. The molecule has 0 saturated heterocycles. The molecule has 0 bridgehead atoms. The summed E-state index contributed by atoms with van der Waals surface area (Å²) >= 11 is 5.73. The van der Waals surface area contributed by atoms with Gasteiger partial charge in [-0.3, -0.25) is 11.6 Å². The molecular formula is C6H9ClN3O+. The summed E-state index contributed by atoms with van der Waals surface area (Å²) < 4.78 is 6.13. The van der Waals surface area contributed by atoms with Gasteiger partial charge in [-0.25, -0.2) is 0 Å². The fourth-order valence-corrected chi connectivity index (χ4v) is 0.926. The zero-order chi connectivity index (χ0) is 8.43. The third kappa shape index (κ3) is 1.46. The summed E-state index contributed by atoms with van der Waals surface area (Å²) in [6.07, 6.45) is 1.51. The first kappa shape index (κ1) is 7.94. The summed E-state index contributed by atoms with van der Waals surface area (Å²) in [6, 6.07) is 1.53. The molecule has 1 rings (SSSR count). The topological polar surface area (TPSA) is 65.1 Å². The third-order valence-corrected chi connectivity index (χ3v) is 1.58. The molecular weight excluding hydrogens is 166 g/mol. The number of nitrogen functional groups attached to an aromatic ring is 2. The third-order valence-electron chi connectivity index (χ3n) is 1.28. The number of methoxy groups -OCH3 is 1. The van der Waals surface area contributed by atoms with Crippen LogP contribution in [0.25, 0.3) is 0 Å². The van der Waals surface area contributed by atoms with Crippen molar-refractivity contribution in [1.82, 2.24) is 0 Å². The Bertz CT molecular complexity index is 277. The molecule has 0 saturated carbocycles. The van der Waals surface area contributed by atoms with Gasteiger partial charge in [-0.1, -0.05) is 11.6 Å². The average molecular weight is 175 g/mol. The van der Waals surface area contributed by atoms with E-state index in [0.29, 0.717) is 16.6 Å². The maximum atomic E-state index is 5.73. The minimum Gasteiger partial charge on any atom is -0.491 e. The van der Waals surface area contributed by atoms with Crippen molar-refractivity contribution in [2.24, 2.45) is 0 Å². The summed E-state index contributed by atoms with van der Waals surface area (Å²) in [5, 5.41) is 0.451. The van der Waals surface area contributed by atoms with Gasteiger partial charge < -0.3 is 4.74 Å². The molecule has 0 aliphatic heterocycles. The van der Waals surface area contributed by atoms with Crippen molar-refractivity contribution in [2.45, 2.75) is 0 Å². The Hall–Kier alpha value is -1.16. The van der Waals surface area contributed by atoms with Crippen LogP contribution in [-0.2, 0) is 0 Å². The molecule has 0 aliphatic carbocycles. The molecule has 1 aromatic rings. The smallest absolute Gasteiger partial charge is 0.297 e. The second-order valence-corrected chi connectivity index (χ2v) is 2.43. The van der Waals surface area contributed by atoms with Crippen LogP contribution in [0.4, 0.5) is 5.82 Å². The van der Waals surface area contributed by atoms with Crippen molar-refractivity contribution in [3.8, 4) is 5.75 Å². The highest BCUT2D eigenvalue weighted by Crippen LogP contribution is 2.22. The Labute approximate surface area is 69.3 Å². The van der Waals surface area contributed by atoms with Crippen molar-refractivity contribution in [3.63, 3.8) is 0 Å². The molecule has 0 spiro atoms. The van der Waals surface area contributed by atoms with E-state index in [4.69, 9.17) is 27.9 Å². The number of aromatic nitrogens is 1. The molecule has 0 aromatic carbocycles. The van der Waals surface area contributed by atoms with Gasteiger partial charge in [0.1, 0.15) is 0 Å². The number of nitrogens with zero attached hydrogens (tertiary/aromatic N) is 1. The minimum absolute atomic E-state index is 0.385. The van der Waals surface area contributed by atoms with Crippen LogP contribution in [-0.4, -0.2) is 7.11 Å². The normalized spacial score (nSPS) is 9.64. The summed E-state index contributed by atoms with van der Waals surface area (Å²) in [5.74, 6) is 6.31. The number of pyridine rings is 1. The van der Waals surface area contributed by atoms with Crippen molar-refractivity contribution in [3.05, 3.63) is 17.3 Å². The Morgan fingerprint density at radius 3 is 2.82 bits per heavy atom. The molecule has 0 atom stereocenters. The van der Waals surface area contributed by atoms with Crippen molar-refractivity contribution in [1.29, 1.82) is 0 Å². The number of anilines is 1. The lowest BCUT2D eigenvalue weighted by molar-refractivity contribution is -0.624. The lowest BCUT2D eigenvalue weighted by Gasteiger charge is -2.01. The van der Waals surface area contributed by atoms with E-state index in [1.54, 1.807) is 0 Å². The van der Waals surface area contributed by atoms with Gasteiger partial charge in [0.15, 0.2) is 11.9 Å². The lowest BCUT2D eigenvalue weighted by Crippen LogP contribution is -2.46. The van der Waals surface area contributed by atoms with Gasteiger partial charge >= 0.3 is 0 Å². The molecule has 0 unspecified atom stereocenters. The number of hydrogen-bond acceptors (Lipinski definition) is 3. The van der Waals surface area contributed by atoms with Gasteiger partial charge in [0, 0.05) is 0 Å². The number of hydrogen-bond donors (Lipinski definition) is 2. The van der Waals surface area contributed by atoms with Gasteiger partial charge in [-0.15, -0.1) is 4.68 Å². The zero-order valence-electron chi connectivity index (χ0n) is 6.04. The van der Waals surface area contributed by atoms with Gasteiger partial charge in [-0.2, -0.15) is 0 Å². The van der Waals surface area contributed by atoms with E-state index in [0.717, 1.165) is 0 Å². The molecule has 1 aromatic heterocycles. The highest BCUT2D eigenvalue weighted by Gasteiger charge is 2.08. The highest BCUT2D eigenvalue weighted by molar-refractivity contribution is 6.32. The van der Waals surface area contributed by atoms with Crippen LogP contribution in [0, 0.1) is 0 Å². The van der Waals surface area contributed by atoms with Gasteiger partial charge in [0.25, 0.3) is 5.82 Å². The monoisotopic (exact) mass is 174 g/mol. The van der Waals surface area contributed by atoms with E-state index in [9.17, 15) is 0 Å². The van der Waals surface area contributed by atoms with Crippen LogP contribution < -0.4 is 21.0 Å².